The molecule has 1 aromatic rings. The molecule has 3 rings (SSSR count). The van der Waals surface area contributed by atoms with E-state index in [4.69, 9.17) is 11.6 Å². The third-order valence-electron chi connectivity index (χ3n) is 5.19. The molecule has 0 radical (unpaired) electrons. The van der Waals surface area contributed by atoms with Gasteiger partial charge < -0.3 is 10.2 Å². The molecule has 24 heavy (non-hydrogen) atoms. The molecule has 2 fully saturated rings. The second kappa shape index (κ2) is 8.02. The monoisotopic (exact) mass is 348 g/mol. The first-order chi connectivity index (χ1) is 11.6. The standard InChI is InChI=1S/C19H25ClN2O2/c20-16-7-5-14(6-8-16)13-18(23)22-11-9-17(10-12-22)21-19(24)15-3-1-2-4-15/h5-8,15,17H,1-4,9-13H2,(H,21,24). The van der Waals surface area contributed by atoms with Crippen LogP contribution in [0.4, 0.5) is 0 Å². The molecule has 0 aromatic heterocycles. The van der Waals surface area contributed by atoms with Crippen molar-refractivity contribution >= 4 is 23.4 Å². The number of nitrogens with zero attached hydrogens (tertiary/aromatic N) is 1. The number of piperidine rings is 1. The number of rotatable bonds is 4. The molecule has 0 unspecified atom stereocenters. The van der Waals surface area contributed by atoms with Gasteiger partial charge in [-0.25, -0.2) is 0 Å². The van der Waals surface area contributed by atoms with Crippen molar-refractivity contribution in [2.45, 2.75) is 51.0 Å². The van der Waals surface area contributed by atoms with E-state index in [9.17, 15) is 9.59 Å². The predicted octanol–water partition coefficient (Wildman–Crippen LogP) is 3.18. The van der Waals surface area contributed by atoms with E-state index in [0.717, 1.165) is 44.3 Å². The summed E-state index contributed by atoms with van der Waals surface area (Å²) >= 11 is 5.87. The minimum Gasteiger partial charge on any atom is -0.353 e. The largest absolute Gasteiger partial charge is 0.353 e. The molecule has 5 heteroatoms. The minimum absolute atomic E-state index is 0.151. The average Bonchev–Trinajstić information content (AvgIpc) is 3.12. The van der Waals surface area contributed by atoms with E-state index < -0.39 is 0 Å². The molecule has 1 aliphatic carbocycles. The average molecular weight is 349 g/mol. The SMILES string of the molecule is O=C(NC1CCN(C(=O)Cc2ccc(Cl)cc2)CC1)C1CCCC1. The Labute approximate surface area is 148 Å². The van der Waals surface area contributed by atoms with Gasteiger partial charge in [0.05, 0.1) is 6.42 Å². The van der Waals surface area contributed by atoms with Gasteiger partial charge in [0.1, 0.15) is 0 Å². The molecule has 1 aliphatic heterocycles. The maximum Gasteiger partial charge on any atom is 0.226 e. The van der Waals surface area contributed by atoms with Gasteiger partial charge in [0, 0.05) is 30.1 Å². The first kappa shape index (κ1) is 17.3. The van der Waals surface area contributed by atoms with E-state index in [1.165, 1.54) is 12.8 Å². The molecule has 130 valence electrons. The lowest BCUT2D eigenvalue weighted by molar-refractivity contribution is -0.131. The Kier molecular flexibility index (Phi) is 5.77. The summed E-state index contributed by atoms with van der Waals surface area (Å²) in [6, 6.07) is 7.64. The minimum atomic E-state index is 0.151. The number of amides is 2. The molecule has 1 aromatic carbocycles. The topological polar surface area (TPSA) is 49.4 Å². The van der Waals surface area contributed by atoms with Crippen molar-refractivity contribution in [3.8, 4) is 0 Å². The van der Waals surface area contributed by atoms with E-state index >= 15 is 0 Å². The summed E-state index contributed by atoms with van der Waals surface area (Å²) in [6.07, 6.45) is 6.53. The van der Waals surface area contributed by atoms with Crippen LogP contribution >= 0.6 is 11.6 Å². The molecule has 0 atom stereocenters. The summed E-state index contributed by atoms with van der Waals surface area (Å²) in [5.41, 5.74) is 0.987. The fraction of sp³-hybridized carbons (Fsp3) is 0.579. The van der Waals surface area contributed by atoms with Crippen LogP contribution in [0.1, 0.15) is 44.1 Å². The van der Waals surface area contributed by atoms with Crippen molar-refractivity contribution in [2.75, 3.05) is 13.1 Å². The van der Waals surface area contributed by atoms with E-state index in [-0.39, 0.29) is 23.8 Å². The van der Waals surface area contributed by atoms with Crippen molar-refractivity contribution < 1.29 is 9.59 Å². The van der Waals surface area contributed by atoms with E-state index in [1.54, 1.807) is 0 Å². The molecule has 1 heterocycles. The lowest BCUT2D eigenvalue weighted by atomic mass is 10.0. The van der Waals surface area contributed by atoms with Crippen molar-refractivity contribution in [1.82, 2.24) is 10.2 Å². The van der Waals surface area contributed by atoms with E-state index in [1.807, 2.05) is 29.2 Å². The molecule has 1 N–H and O–H groups in total. The van der Waals surface area contributed by atoms with Gasteiger partial charge in [-0.2, -0.15) is 0 Å². The summed E-state index contributed by atoms with van der Waals surface area (Å²) in [5.74, 6) is 0.589. The maximum absolute atomic E-state index is 12.4. The number of benzene rings is 1. The van der Waals surface area contributed by atoms with Gasteiger partial charge in [0.2, 0.25) is 11.8 Å². The van der Waals surface area contributed by atoms with Gasteiger partial charge >= 0.3 is 0 Å². The zero-order chi connectivity index (χ0) is 16.9. The second-order valence-corrected chi connectivity index (χ2v) is 7.38. The lowest BCUT2D eigenvalue weighted by Gasteiger charge is -2.33. The Morgan fingerprint density at radius 2 is 1.67 bits per heavy atom. The van der Waals surface area contributed by atoms with Gasteiger partial charge in [-0.3, -0.25) is 9.59 Å². The van der Waals surface area contributed by atoms with E-state index in [2.05, 4.69) is 5.32 Å². The normalized spacial score (nSPS) is 19.5. The quantitative estimate of drug-likeness (QED) is 0.908. The molecule has 0 spiro atoms. The number of halogens is 1. The number of nitrogens with one attached hydrogen (secondary N) is 1. The van der Waals surface area contributed by atoms with Crippen LogP contribution in [0.2, 0.25) is 5.02 Å². The van der Waals surface area contributed by atoms with Crippen LogP contribution in [0.15, 0.2) is 24.3 Å². The Morgan fingerprint density at radius 1 is 1.04 bits per heavy atom. The van der Waals surface area contributed by atoms with Crippen molar-refractivity contribution in [1.29, 1.82) is 0 Å². The highest BCUT2D eigenvalue weighted by atomic mass is 35.5. The van der Waals surface area contributed by atoms with Crippen molar-refractivity contribution in [3.05, 3.63) is 34.9 Å². The van der Waals surface area contributed by atoms with Crippen molar-refractivity contribution in [2.24, 2.45) is 5.92 Å². The predicted molar refractivity (Wildman–Crippen MR) is 94.9 cm³/mol. The van der Waals surface area contributed by atoms with Crippen molar-refractivity contribution in [3.63, 3.8) is 0 Å². The van der Waals surface area contributed by atoms with Gasteiger partial charge in [-0.05, 0) is 43.4 Å². The summed E-state index contributed by atoms with van der Waals surface area (Å²) in [4.78, 5) is 26.5. The summed E-state index contributed by atoms with van der Waals surface area (Å²) in [7, 11) is 0. The highest BCUT2D eigenvalue weighted by Gasteiger charge is 2.27. The zero-order valence-electron chi connectivity index (χ0n) is 14.0. The summed E-state index contributed by atoms with van der Waals surface area (Å²) in [6.45, 7) is 1.45. The Balaban J connectivity index is 1.43. The van der Waals surface area contributed by atoms with Crippen LogP contribution in [-0.2, 0) is 16.0 Å². The van der Waals surface area contributed by atoms with Crippen LogP contribution < -0.4 is 5.32 Å². The molecule has 1 saturated heterocycles. The first-order valence-electron chi connectivity index (χ1n) is 8.94. The Hall–Kier alpha value is -1.55. The van der Waals surface area contributed by atoms with Gasteiger partial charge in [0.15, 0.2) is 0 Å². The van der Waals surface area contributed by atoms with Crippen LogP contribution in [0, 0.1) is 5.92 Å². The lowest BCUT2D eigenvalue weighted by Crippen LogP contribution is -2.48. The molecule has 1 saturated carbocycles. The molecular formula is C19H25ClN2O2. The number of carbonyl (C=O) groups is 2. The van der Waals surface area contributed by atoms with Crippen LogP contribution in [-0.4, -0.2) is 35.8 Å². The van der Waals surface area contributed by atoms with Gasteiger partial charge in [-0.15, -0.1) is 0 Å². The third-order valence-corrected chi connectivity index (χ3v) is 5.44. The van der Waals surface area contributed by atoms with Gasteiger partial charge in [-0.1, -0.05) is 36.6 Å². The van der Waals surface area contributed by atoms with E-state index in [0.29, 0.717) is 11.4 Å². The number of carbonyl (C=O) groups excluding carboxylic acids is 2. The molecule has 0 bridgehead atoms. The fourth-order valence-electron chi connectivity index (χ4n) is 3.67. The molecular weight excluding hydrogens is 324 g/mol. The van der Waals surface area contributed by atoms with Crippen LogP contribution in [0.3, 0.4) is 0 Å². The molecule has 2 amide bonds. The third kappa shape index (κ3) is 4.50. The summed E-state index contributed by atoms with van der Waals surface area (Å²) < 4.78 is 0. The fourth-order valence-corrected chi connectivity index (χ4v) is 3.79. The number of hydrogen-bond donors (Lipinski definition) is 1. The summed E-state index contributed by atoms with van der Waals surface area (Å²) in [5, 5.41) is 3.87. The molecule has 4 nitrogen and oxygen atoms in total. The highest BCUT2D eigenvalue weighted by Crippen LogP contribution is 2.25. The Bertz CT molecular complexity index is 574. The number of hydrogen-bond acceptors (Lipinski definition) is 2. The van der Waals surface area contributed by atoms with Crippen LogP contribution in [0.5, 0.6) is 0 Å². The van der Waals surface area contributed by atoms with Gasteiger partial charge in [0.25, 0.3) is 0 Å². The van der Waals surface area contributed by atoms with Crippen LogP contribution in [0.25, 0.3) is 0 Å². The second-order valence-electron chi connectivity index (χ2n) is 6.95. The molecule has 2 aliphatic rings. The number of likely N-dealkylation sites (tertiary alicyclic amines) is 1. The highest BCUT2D eigenvalue weighted by molar-refractivity contribution is 6.30. The zero-order valence-corrected chi connectivity index (χ0v) is 14.7. The maximum atomic E-state index is 12.4. The smallest absolute Gasteiger partial charge is 0.226 e. The first-order valence-corrected chi connectivity index (χ1v) is 9.32. The Morgan fingerprint density at radius 3 is 2.29 bits per heavy atom.